The van der Waals surface area contributed by atoms with E-state index in [1.54, 1.807) is 32.9 Å². The van der Waals surface area contributed by atoms with E-state index in [4.69, 9.17) is 5.73 Å². The maximum Gasteiger partial charge on any atom is 0.252 e. The van der Waals surface area contributed by atoms with Crippen molar-refractivity contribution in [2.75, 3.05) is 5.73 Å². The van der Waals surface area contributed by atoms with Crippen LogP contribution in [-0.4, -0.2) is 13.4 Å². The molecule has 0 aliphatic carbocycles. The third-order valence-electron chi connectivity index (χ3n) is 2.98. The van der Waals surface area contributed by atoms with E-state index in [9.17, 15) is 12.8 Å². The van der Waals surface area contributed by atoms with Crippen LogP contribution in [0.1, 0.15) is 22.4 Å². The van der Waals surface area contributed by atoms with Crippen molar-refractivity contribution < 1.29 is 12.8 Å². The minimum absolute atomic E-state index is 0.0849. The molecular weight excluding hydrogens is 313 g/mol. The van der Waals surface area contributed by atoms with E-state index < -0.39 is 10.0 Å². The standard InChI is InChI=1S/C13H16FN3O2S2/c1-7-4-10(5-8(2)11(7)14)6-16-21(18,19)12-9(3)17-13(15)20-12/h4-5,16H,6H2,1-3H3,(H2,15,17). The molecule has 1 aromatic heterocycles. The second-order valence-corrected chi connectivity index (χ2v) is 7.79. The third kappa shape index (κ3) is 3.39. The molecule has 0 saturated heterocycles. The quantitative estimate of drug-likeness (QED) is 0.901. The fraction of sp³-hybridized carbons (Fsp3) is 0.308. The zero-order valence-electron chi connectivity index (χ0n) is 11.9. The van der Waals surface area contributed by atoms with Crippen molar-refractivity contribution >= 4 is 26.5 Å². The van der Waals surface area contributed by atoms with Gasteiger partial charge in [-0.3, -0.25) is 0 Å². The Hall–Kier alpha value is -1.51. The first-order chi connectivity index (χ1) is 9.70. The fourth-order valence-electron chi connectivity index (χ4n) is 2.03. The molecule has 0 bridgehead atoms. The predicted molar refractivity (Wildman–Crippen MR) is 81.2 cm³/mol. The Bertz CT molecular complexity index is 762. The van der Waals surface area contributed by atoms with E-state index in [1.807, 2.05) is 0 Å². The van der Waals surface area contributed by atoms with Crippen molar-refractivity contribution in [3.05, 3.63) is 40.3 Å². The Balaban J connectivity index is 2.21. The number of nitrogen functional groups attached to an aromatic ring is 1. The van der Waals surface area contributed by atoms with E-state index in [0.717, 1.165) is 11.3 Å². The number of nitrogens with zero attached hydrogens (tertiary/aromatic N) is 1. The summed E-state index contributed by atoms with van der Waals surface area (Å²) in [5.41, 5.74) is 7.56. The third-order valence-corrected chi connectivity index (χ3v) is 5.97. The highest BCUT2D eigenvalue weighted by Gasteiger charge is 2.21. The van der Waals surface area contributed by atoms with Crippen LogP contribution in [0.3, 0.4) is 0 Å². The number of hydrogen-bond donors (Lipinski definition) is 2. The lowest BCUT2D eigenvalue weighted by Crippen LogP contribution is -2.23. The van der Waals surface area contributed by atoms with E-state index in [-0.39, 0.29) is 21.7 Å². The van der Waals surface area contributed by atoms with Crippen LogP contribution in [0.5, 0.6) is 0 Å². The van der Waals surface area contributed by atoms with Crippen LogP contribution in [-0.2, 0) is 16.6 Å². The van der Waals surface area contributed by atoms with Crippen molar-refractivity contribution in [3.8, 4) is 0 Å². The van der Waals surface area contributed by atoms with Gasteiger partial charge in [-0.1, -0.05) is 23.5 Å². The van der Waals surface area contributed by atoms with Gasteiger partial charge in [0.25, 0.3) is 10.0 Å². The van der Waals surface area contributed by atoms with Gasteiger partial charge in [-0.05, 0) is 37.5 Å². The van der Waals surface area contributed by atoms with E-state index in [2.05, 4.69) is 9.71 Å². The van der Waals surface area contributed by atoms with Gasteiger partial charge in [-0.2, -0.15) is 0 Å². The van der Waals surface area contributed by atoms with Crippen molar-refractivity contribution in [1.29, 1.82) is 0 Å². The van der Waals surface area contributed by atoms with Crippen LogP contribution < -0.4 is 10.5 Å². The molecule has 21 heavy (non-hydrogen) atoms. The second kappa shape index (κ2) is 5.70. The fourth-order valence-corrected chi connectivity index (χ4v) is 4.39. The van der Waals surface area contributed by atoms with Gasteiger partial charge >= 0.3 is 0 Å². The van der Waals surface area contributed by atoms with Gasteiger partial charge in [0.1, 0.15) is 5.82 Å². The average molecular weight is 329 g/mol. The maximum atomic E-state index is 13.5. The Morgan fingerprint density at radius 1 is 1.29 bits per heavy atom. The van der Waals surface area contributed by atoms with Gasteiger partial charge < -0.3 is 5.73 Å². The van der Waals surface area contributed by atoms with Crippen LogP contribution in [0.2, 0.25) is 0 Å². The second-order valence-electron chi connectivity index (χ2n) is 4.79. The molecule has 0 atom stereocenters. The number of nitrogens with one attached hydrogen (secondary N) is 1. The minimum atomic E-state index is -3.67. The number of halogens is 1. The first-order valence-corrected chi connectivity index (χ1v) is 8.49. The zero-order valence-corrected chi connectivity index (χ0v) is 13.5. The summed E-state index contributed by atoms with van der Waals surface area (Å²) in [4.78, 5) is 3.90. The Morgan fingerprint density at radius 3 is 2.33 bits per heavy atom. The summed E-state index contributed by atoms with van der Waals surface area (Å²) >= 11 is 0.921. The van der Waals surface area contributed by atoms with Crippen LogP contribution in [0.25, 0.3) is 0 Å². The van der Waals surface area contributed by atoms with Gasteiger partial charge in [0.15, 0.2) is 9.34 Å². The predicted octanol–water partition coefficient (Wildman–Crippen LogP) is 2.27. The lowest BCUT2D eigenvalue weighted by molar-refractivity contribution is 0.582. The lowest BCUT2D eigenvalue weighted by Gasteiger charge is -2.08. The van der Waals surface area contributed by atoms with Gasteiger partial charge in [0.05, 0.1) is 5.69 Å². The number of nitrogens with two attached hydrogens (primary N) is 1. The number of rotatable bonds is 4. The van der Waals surface area contributed by atoms with Crippen molar-refractivity contribution in [2.45, 2.75) is 31.5 Å². The molecule has 1 aromatic carbocycles. The van der Waals surface area contributed by atoms with Gasteiger partial charge in [0, 0.05) is 6.54 Å². The molecule has 0 unspecified atom stereocenters. The van der Waals surface area contributed by atoms with Gasteiger partial charge in [-0.15, -0.1) is 0 Å². The smallest absolute Gasteiger partial charge is 0.252 e. The number of thiazole rings is 1. The SMILES string of the molecule is Cc1cc(CNS(=O)(=O)c2sc(N)nc2C)cc(C)c1F. The molecule has 0 saturated carbocycles. The Labute approximate surface area is 127 Å². The van der Waals surface area contributed by atoms with Gasteiger partial charge in [-0.25, -0.2) is 22.5 Å². The van der Waals surface area contributed by atoms with Crippen LogP contribution >= 0.6 is 11.3 Å². The molecule has 114 valence electrons. The molecule has 2 rings (SSSR count). The van der Waals surface area contributed by atoms with E-state index in [1.165, 1.54) is 0 Å². The lowest BCUT2D eigenvalue weighted by atomic mass is 10.1. The summed E-state index contributed by atoms with van der Waals surface area (Å²) in [7, 11) is -3.67. The molecular formula is C13H16FN3O2S2. The van der Waals surface area contributed by atoms with Crippen molar-refractivity contribution in [3.63, 3.8) is 0 Å². The summed E-state index contributed by atoms with van der Waals surface area (Å²) in [6.45, 7) is 4.97. The number of hydrogen-bond acceptors (Lipinski definition) is 5. The maximum absolute atomic E-state index is 13.5. The molecule has 1 heterocycles. The first kappa shape index (κ1) is 15.9. The van der Waals surface area contributed by atoms with Crippen LogP contribution in [0, 0.1) is 26.6 Å². The molecule has 0 spiro atoms. The molecule has 3 N–H and O–H groups in total. The van der Waals surface area contributed by atoms with E-state index in [0.29, 0.717) is 22.4 Å². The van der Waals surface area contributed by atoms with Crippen LogP contribution in [0.15, 0.2) is 16.3 Å². The van der Waals surface area contributed by atoms with E-state index >= 15 is 0 Å². The summed E-state index contributed by atoms with van der Waals surface area (Å²) in [6, 6.07) is 3.25. The molecule has 8 heteroatoms. The molecule has 0 radical (unpaired) electrons. The van der Waals surface area contributed by atoms with Gasteiger partial charge in [0.2, 0.25) is 0 Å². The molecule has 0 aliphatic rings. The summed E-state index contributed by atoms with van der Waals surface area (Å²) in [6.07, 6.45) is 0. The summed E-state index contributed by atoms with van der Waals surface area (Å²) in [5.74, 6) is -0.271. The molecule has 0 aliphatic heterocycles. The molecule has 0 fully saturated rings. The number of sulfonamides is 1. The summed E-state index contributed by atoms with van der Waals surface area (Å²) < 4.78 is 40.5. The Morgan fingerprint density at radius 2 is 1.86 bits per heavy atom. The number of aromatic nitrogens is 1. The molecule has 0 amide bonds. The largest absolute Gasteiger partial charge is 0.375 e. The monoisotopic (exact) mass is 329 g/mol. The number of anilines is 1. The Kier molecular flexibility index (Phi) is 4.31. The highest BCUT2D eigenvalue weighted by Crippen LogP contribution is 2.25. The topological polar surface area (TPSA) is 85.1 Å². The minimum Gasteiger partial charge on any atom is -0.375 e. The average Bonchev–Trinajstić information content (AvgIpc) is 2.73. The number of aryl methyl sites for hydroxylation is 3. The van der Waals surface area contributed by atoms with Crippen molar-refractivity contribution in [2.24, 2.45) is 0 Å². The summed E-state index contributed by atoms with van der Waals surface area (Å²) in [5, 5.41) is 0.210. The number of benzene rings is 1. The van der Waals surface area contributed by atoms with Crippen molar-refractivity contribution in [1.82, 2.24) is 9.71 Å². The highest BCUT2D eigenvalue weighted by atomic mass is 32.2. The zero-order chi connectivity index (χ0) is 15.8. The van der Waals surface area contributed by atoms with Crippen LogP contribution in [0.4, 0.5) is 9.52 Å². The highest BCUT2D eigenvalue weighted by molar-refractivity contribution is 7.91. The normalized spacial score (nSPS) is 11.8. The molecule has 2 aromatic rings. The molecule has 5 nitrogen and oxygen atoms in total. The first-order valence-electron chi connectivity index (χ1n) is 6.19.